The SMILES string of the molecule is CCNCC1CCC(COc2cccc(F)c2)O1. The lowest BCUT2D eigenvalue weighted by Gasteiger charge is -2.14. The molecule has 4 heteroatoms. The lowest BCUT2D eigenvalue weighted by molar-refractivity contribution is 0.0187. The van der Waals surface area contributed by atoms with E-state index in [2.05, 4.69) is 12.2 Å². The zero-order chi connectivity index (χ0) is 12.8. The molecule has 0 spiro atoms. The van der Waals surface area contributed by atoms with E-state index >= 15 is 0 Å². The lowest BCUT2D eigenvalue weighted by atomic mass is 10.2. The van der Waals surface area contributed by atoms with Crippen LogP contribution in [0.4, 0.5) is 4.39 Å². The molecule has 0 radical (unpaired) electrons. The Morgan fingerprint density at radius 1 is 1.39 bits per heavy atom. The minimum absolute atomic E-state index is 0.122. The second kappa shape index (κ2) is 6.71. The van der Waals surface area contributed by atoms with Crippen LogP contribution < -0.4 is 10.1 Å². The zero-order valence-corrected chi connectivity index (χ0v) is 10.7. The monoisotopic (exact) mass is 253 g/mol. The highest BCUT2D eigenvalue weighted by Gasteiger charge is 2.25. The fourth-order valence-corrected chi connectivity index (χ4v) is 2.10. The minimum Gasteiger partial charge on any atom is -0.491 e. The molecule has 1 aliphatic heterocycles. The van der Waals surface area contributed by atoms with E-state index in [1.807, 2.05) is 0 Å². The van der Waals surface area contributed by atoms with Crippen LogP contribution in [0.5, 0.6) is 5.75 Å². The van der Waals surface area contributed by atoms with Crippen molar-refractivity contribution in [1.82, 2.24) is 5.32 Å². The molecule has 0 saturated carbocycles. The van der Waals surface area contributed by atoms with Gasteiger partial charge in [-0.25, -0.2) is 4.39 Å². The Balaban J connectivity index is 1.72. The van der Waals surface area contributed by atoms with Crippen LogP contribution >= 0.6 is 0 Å². The van der Waals surface area contributed by atoms with Crippen molar-refractivity contribution in [3.8, 4) is 5.75 Å². The number of ether oxygens (including phenoxy) is 2. The van der Waals surface area contributed by atoms with Gasteiger partial charge in [-0.3, -0.25) is 0 Å². The maximum atomic E-state index is 12.9. The van der Waals surface area contributed by atoms with Crippen LogP contribution in [0.2, 0.25) is 0 Å². The van der Waals surface area contributed by atoms with Crippen molar-refractivity contribution in [2.45, 2.75) is 32.0 Å². The molecule has 2 atom stereocenters. The molecule has 1 aliphatic rings. The Bertz CT molecular complexity index is 373. The average Bonchev–Trinajstić information content (AvgIpc) is 2.82. The number of nitrogens with one attached hydrogen (secondary N) is 1. The van der Waals surface area contributed by atoms with Crippen LogP contribution in [-0.2, 0) is 4.74 Å². The van der Waals surface area contributed by atoms with Crippen molar-refractivity contribution in [3.05, 3.63) is 30.1 Å². The first kappa shape index (κ1) is 13.3. The lowest BCUT2D eigenvalue weighted by Crippen LogP contribution is -2.28. The molecule has 1 heterocycles. The van der Waals surface area contributed by atoms with Gasteiger partial charge in [-0.2, -0.15) is 0 Å². The molecule has 0 bridgehead atoms. The average molecular weight is 253 g/mol. The molecule has 0 amide bonds. The maximum Gasteiger partial charge on any atom is 0.126 e. The normalized spacial score (nSPS) is 23.2. The van der Waals surface area contributed by atoms with E-state index in [4.69, 9.17) is 9.47 Å². The van der Waals surface area contributed by atoms with Crippen molar-refractivity contribution in [1.29, 1.82) is 0 Å². The second-order valence-corrected chi connectivity index (χ2v) is 4.53. The number of rotatable bonds is 6. The number of hydrogen-bond donors (Lipinski definition) is 1. The van der Waals surface area contributed by atoms with Crippen LogP contribution in [0.25, 0.3) is 0 Å². The minimum atomic E-state index is -0.273. The summed E-state index contributed by atoms with van der Waals surface area (Å²) in [5.41, 5.74) is 0. The predicted octanol–water partition coefficient (Wildman–Crippen LogP) is 2.36. The maximum absolute atomic E-state index is 12.9. The van der Waals surface area contributed by atoms with Gasteiger partial charge in [0.2, 0.25) is 0 Å². The van der Waals surface area contributed by atoms with Crippen molar-refractivity contribution in [2.75, 3.05) is 19.7 Å². The molecular formula is C14H20FNO2. The molecule has 0 aromatic heterocycles. The summed E-state index contributed by atoms with van der Waals surface area (Å²) in [6.07, 6.45) is 2.47. The predicted molar refractivity (Wildman–Crippen MR) is 68.3 cm³/mol. The van der Waals surface area contributed by atoms with E-state index in [0.29, 0.717) is 12.4 Å². The molecule has 1 aromatic rings. The third kappa shape index (κ3) is 3.96. The van der Waals surface area contributed by atoms with Gasteiger partial charge >= 0.3 is 0 Å². The summed E-state index contributed by atoms with van der Waals surface area (Å²) in [6, 6.07) is 6.21. The van der Waals surface area contributed by atoms with Crippen LogP contribution in [0, 0.1) is 5.82 Å². The Morgan fingerprint density at radius 3 is 3.00 bits per heavy atom. The van der Waals surface area contributed by atoms with E-state index in [1.165, 1.54) is 12.1 Å². The van der Waals surface area contributed by atoms with Gasteiger partial charge in [0.05, 0.1) is 12.2 Å². The Kier molecular flexibility index (Phi) is 4.96. The fraction of sp³-hybridized carbons (Fsp3) is 0.571. The van der Waals surface area contributed by atoms with Gasteiger partial charge in [0.1, 0.15) is 18.2 Å². The summed E-state index contributed by atoms with van der Waals surface area (Å²) in [6.45, 7) is 4.43. The first-order chi connectivity index (χ1) is 8.78. The Morgan fingerprint density at radius 2 is 2.22 bits per heavy atom. The summed E-state index contributed by atoms with van der Waals surface area (Å²) in [5.74, 6) is 0.290. The van der Waals surface area contributed by atoms with E-state index in [9.17, 15) is 4.39 Å². The molecule has 18 heavy (non-hydrogen) atoms. The Hall–Kier alpha value is -1.13. The third-order valence-electron chi connectivity index (χ3n) is 3.05. The molecule has 1 fully saturated rings. The van der Waals surface area contributed by atoms with Gasteiger partial charge in [-0.15, -0.1) is 0 Å². The summed E-state index contributed by atoms with van der Waals surface area (Å²) >= 11 is 0. The van der Waals surface area contributed by atoms with Gasteiger partial charge in [-0.1, -0.05) is 13.0 Å². The zero-order valence-electron chi connectivity index (χ0n) is 10.7. The molecule has 1 N–H and O–H groups in total. The molecule has 1 saturated heterocycles. The highest BCUT2D eigenvalue weighted by atomic mass is 19.1. The van der Waals surface area contributed by atoms with Crippen molar-refractivity contribution >= 4 is 0 Å². The van der Waals surface area contributed by atoms with Gasteiger partial charge in [0.15, 0.2) is 0 Å². The second-order valence-electron chi connectivity index (χ2n) is 4.53. The summed E-state index contributed by atoms with van der Waals surface area (Å²) < 4.78 is 24.3. The first-order valence-corrected chi connectivity index (χ1v) is 6.52. The topological polar surface area (TPSA) is 30.5 Å². The van der Waals surface area contributed by atoms with E-state index in [-0.39, 0.29) is 18.0 Å². The summed E-state index contributed by atoms with van der Waals surface area (Å²) in [5, 5.41) is 3.28. The quantitative estimate of drug-likeness (QED) is 0.844. The van der Waals surface area contributed by atoms with Crippen LogP contribution in [0.15, 0.2) is 24.3 Å². The summed E-state index contributed by atoms with van der Waals surface area (Å²) in [4.78, 5) is 0. The van der Waals surface area contributed by atoms with Crippen molar-refractivity contribution < 1.29 is 13.9 Å². The van der Waals surface area contributed by atoms with E-state index < -0.39 is 0 Å². The smallest absolute Gasteiger partial charge is 0.126 e. The Labute approximate surface area is 107 Å². The number of hydrogen-bond acceptors (Lipinski definition) is 3. The molecule has 1 aromatic carbocycles. The van der Waals surface area contributed by atoms with Crippen molar-refractivity contribution in [3.63, 3.8) is 0 Å². The largest absolute Gasteiger partial charge is 0.491 e. The van der Waals surface area contributed by atoms with Crippen LogP contribution in [0.1, 0.15) is 19.8 Å². The van der Waals surface area contributed by atoms with Gasteiger partial charge < -0.3 is 14.8 Å². The van der Waals surface area contributed by atoms with Gasteiger partial charge in [0.25, 0.3) is 0 Å². The standard InChI is InChI=1S/C14H20FNO2/c1-2-16-9-13-6-7-14(18-13)10-17-12-5-3-4-11(15)8-12/h3-5,8,13-14,16H,2,6-7,9-10H2,1H3. The molecule has 2 unspecified atom stereocenters. The molecule has 2 rings (SSSR count). The number of likely N-dealkylation sites (N-methyl/N-ethyl adjacent to an activating group) is 1. The molecule has 100 valence electrons. The summed E-state index contributed by atoms with van der Waals surface area (Å²) in [7, 11) is 0. The van der Waals surface area contributed by atoms with Gasteiger partial charge in [0, 0.05) is 12.6 Å². The number of halogens is 1. The fourth-order valence-electron chi connectivity index (χ4n) is 2.10. The van der Waals surface area contributed by atoms with Crippen LogP contribution in [-0.4, -0.2) is 31.9 Å². The highest BCUT2D eigenvalue weighted by molar-refractivity contribution is 5.22. The molecule has 3 nitrogen and oxygen atoms in total. The van der Waals surface area contributed by atoms with E-state index in [1.54, 1.807) is 12.1 Å². The van der Waals surface area contributed by atoms with Crippen LogP contribution in [0.3, 0.4) is 0 Å². The van der Waals surface area contributed by atoms with E-state index in [0.717, 1.165) is 25.9 Å². The highest BCUT2D eigenvalue weighted by Crippen LogP contribution is 2.21. The molecular weight excluding hydrogens is 233 g/mol. The van der Waals surface area contributed by atoms with Crippen molar-refractivity contribution in [2.24, 2.45) is 0 Å². The first-order valence-electron chi connectivity index (χ1n) is 6.52. The number of benzene rings is 1. The third-order valence-corrected chi connectivity index (χ3v) is 3.05. The van der Waals surface area contributed by atoms with Gasteiger partial charge in [-0.05, 0) is 31.5 Å². The molecule has 0 aliphatic carbocycles.